The summed E-state index contributed by atoms with van der Waals surface area (Å²) in [7, 11) is 0. The van der Waals surface area contributed by atoms with Crippen LogP contribution < -0.4 is 4.74 Å². The average molecular weight is 301 g/mol. The van der Waals surface area contributed by atoms with Crippen LogP contribution in [-0.2, 0) is 6.61 Å². The standard InChI is InChI=1S/C14H8ClF3O2/c15-13-9(2-1-3-10(13)16)7-20-14-11(17)4-8(6-19)5-12(14)18/h1-6H,7H2. The van der Waals surface area contributed by atoms with Crippen molar-refractivity contribution < 1.29 is 22.7 Å². The SMILES string of the molecule is O=Cc1cc(F)c(OCc2cccc(F)c2Cl)c(F)c1. The number of aldehydes is 1. The quantitative estimate of drug-likeness (QED) is 0.793. The Balaban J connectivity index is 2.23. The number of benzene rings is 2. The molecule has 2 rings (SSSR count). The summed E-state index contributed by atoms with van der Waals surface area (Å²) in [5.74, 6) is -3.32. The minimum Gasteiger partial charge on any atom is -0.483 e. The minimum absolute atomic E-state index is 0.142. The van der Waals surface area contributed by atoms with Crippen molar-refractivity contribution in [3.05, 3.63) is 63.9 Å². The lowest BCUT2D eigenvalue weighted by Gasteiger charge is -2.10. The van der Waals surface area contributed by atoms with Crippen LogP contribution in [0.2, 0.25) is 5.02 Å². The van der Waals surface area contributed by atoms with Gasteiger partial charge in [-0.15, -0.1) is 0 Å². The van der Waals surface area contributed by atoms with Crippen molar-refractivity contribution in [1.29, 1.82) is 0 Å². The first-order valence-corrected chi connectivity index (χ1v) is 5.90. The predicted molar refractivity (Wildman–Crippen MR) is 67.5 cm³/mol. The number of rotatable bonds is 4. The summed E-state index contributed by atoms with van der Waals surface area (Å²) in [5, 5.41) is -0.169. The van der Waals surface area contributed by atoms with Crippen LogP contribution in [0.5, 0.6) is 5.75 Å². The van der Waals surface area contributed by atoms with E-state index < -0.39 is 23.2 Å². The average Bonchev–Trinajstić information content (AvgIpc) is 2.42. The van der Waals surface area contributed by atoms with Crippen molar-refractivity contribution in [2.24, 2.45) is 0 Å². The van der Waals surface area contributed by atoms with Crippen molar-refractivity contribution in [2.75, 3.05) is 0 Å². The fraction of sp³-hybridized carbons (Fsp3) is 0.0714. The van der Waals surface area contributed by atoms with Crippen molar-refractivity contribution in [3.8, 4) is 5.75 Å². The number of halogens is 4. The second-order valence-corrected chi connectivity index (χ2v) is 4.31. The molecule has 0 aliphatic carbocycles. The van der Waals surface area contributed by atoms with Gasteiger partial charge >= 0.3 is 0 Å². The van der Waals surface area contributed by atoms with Gasteiger partial charge in [0.25, 0.3) is 0 Å². The largest absolute Gasteiger partial charge is 0.483 e. The molecule has 0 aliphatic heterocycles. The molecule has 0 radical (unpaired) electrons. The molecule has 0 spiro atoms. The third kappa shape index (κ3) is 2.93. The van der Waals surface area contributed by atoms with Crippen molar-refractivity contribution >= 4 is 17.9 Å². The first kappa shape index (κ1) is 14.4. The summed E-state index contributed by atoms with van der Waals surface area (Å²) in [5.41, 5.74) is 0.112. The van der Waals surface area contributed by atoms with E-state index >= 15 is 0 Å². The van der Waals surface area contributed by atoms with Gasteiger partial charge in [-0.05, 0) is 18.2 Å². The zero-order valence-corrected chi connectivity index (χ0v) is 10.8. The maximum atomic E-state index is 13.5. The van der Waals surface area contributed by atoms with Crippen LogP contribution in [0, 0.1) is 17.5 Å². The van der Waals surface area contributed by atoms with Gasteiger partial charge in [0.05, 0.1) is 5.02 Å². The first-order chi connectivity index (χ1) is 9.52. The van der Waals surface area contributed by atoms with E-state index in [1.54, 1.807) is 0 Å². The third-order valence-electron chi connectivity index (χ3n) is 2.56. The highest BCUT2D eigenvalue weighted by Gasteiger charge is 2.14. The predicted octanol–water partition coefficient (Wildman–Crippen LogP) is 4.15. The lowest BCUT2D eigenvalue weighted by atomic mass is 10.2. The Morgan fingerprint density at radius 3 is 2.35 bits per heavy atom. The van der Waals surface area contributed by atoms with Gasteiger partial charge in [-0.1, -0.05) is 23.7 Å². The van der Waals surface area contributed by atoms with Gasteiger partial charge in [-0.2, -0.15) is 0 Å². The Bertz CT molecular complexity index is 636. The monoisotopic (exact) mass is 300 g/mol. The van der Waals surface area contributed by atoms with Gasteiger partial charge in [-0.25, -0.2) is 13.2 Å². The van der Waals surface area contributed by atoms with Crippen molar-refractivity contribution in [2.45, 2.75) is 6.61 Å². The molecule has 0 unspecified atom stereocenters. The van der Waals surface area contributed by atoms with Gasteiger partial charge in [-0.3, -0.25) is 4.79 Å². The van der Waals surface area contributed by atoms with Crippen molar-refractivity contribution in [1.82, 2.24) is 0 Å². The summed E-state index contributed by atoms with van der Waals surface area (Å²) >= 11 is 5.70. The first-order valence-electron chi connectivity index (χ1n) is 5.53. The molecule has 0 bridgehead atoms. The topological polar surface area (TPSA) is 26.3 Å². The molecule has 0 fully saturated rings. The smallest absolute Gasteiger partial charge is 0.191 e. The maximum absolute atomic E-state index is 13.5. The summed E-state index contributed by atoms with van der Waals surface area (Å²) in [6.07, 6.45) is 0.319. The molecule has 0 heterocycles. The fourth-order valence-electron chi connectivity index (χ4n) is 1.60. The Morgan fingerprint density at radius 2 is 1.75 bits per heavy atom. The van der Waals surface area contributed by atoms with Crippen LogP contribution in [0.15, 0.2) is 30.3 Å². The van der Waals surface area contributed by atoms with Crippen LogP contribution >= 0.6 is 11.6 Å². The van der Waals surface area contributed by atoms with Crippen LogP contribution in [-0.4, -0.2) is 6.29 Å². The van der Waals surface area contributed by atoms with Gasteiger partial charge in [0.1, 0.15) is 18.7 Å². The van der Waals surface area contributed by atoms with E-state index in [-0.39, 0.29) is 22.8 Å². The van der Waals surface area contributed by atoms with Gasteiger partial charge in [0, 0.05) is 11.1 Å². The zero-order valence-electron chi connectivity index (χ0n) is 10.00. The molecule has 0 aromatic heterocycles. The molecular weight excluding hydrogens is 293 g/mol. The minimum atomic E-state index is -1.01. The molecule has 2 aromatic rings. The molecule has 0 saturated carbocycles. The van der Waals surface area contributed by atoms with E-state index in [1.807, 2.05) is 0 Å². The summed E-state index contributed by atoms with van der Waals surface area (Å²) < 4.78 is 45.3. The number of carbonyl (C=O) groups excluding carboxylic acids is 1. The molecule has 104 valence electrons. The van der Waals surface area contributed by atoms with Crippen LogP contribution in [0.3, 0.4) is 0 Å². The molecule has 0 saturated heterocycles. The Labute approximate surface area is 117 Å². The Kier molecular flexibility index (Phi) is 4.29. The van der Waals surface area contributed by atoms with E-state index in [2.05, 4.69) is 0 Å². The lowest BCUT2D eigenvalue weighted by molar-refractivity contribution is 0.112. The summed E-state index contributed by atoms with van der Waals surface area (Å²) in [4.78, 5) is 10.5. The molecule has 20 heavy (non-hydrogen) atoms. The van der Waals surface area contributed by atoms with Gasteiger partial charge < -0.3 is 4.74 Å². The van der Waals surface area contributed by atoms with Crippen LogP contribution in [0.25, 0.3) is 0 Å². The highest BCUT2D eigenvalue weighted by atomic mass is 35.5. The van der Waals surface area contributed by atoms with Gasteiger partial charge in [0.2, 0.25) is 0 Å². The van der Waals surface area contributed by atoms with E-state index in [1.165, 1.54) is 12.1 Å². The van der Waals surface area contributed by atoms with E-state index in [9.17, 15) is 18.0 Å². The van der Waals surface area contributed by atoms with Crippen LogP contribution in [0.4, 0.5) is 13.2 Å². The van der Waals surface area contributed by atoms with Crippen LogP contribution in [0.1, 0.15) is 15.9 Å². The fourth-order valence-corrected chi connectivity index (χ4v) is 1.78. The molecule has 0 aliphatic rings. The van der Waals surface area contributed by atoms with Gasteiger partial charge in [0.15, 0.2) is 17.4 Å². The zero-order chi connectivity index (χ0) is 14.7. The molecular formula is C14H8ClF3O2. The molecule has 6 heteroatoms. The molecule has 2 aromatic carbocycles. The second-order valence-electron chi connectivity index (χ2n) is 3.93. The normalized spacial score (nSPS) is 10.4. The molecule has 0 N–H and O–H groups in total. The number of carbonyl (C=O) groups is 1. The van der Waals surface area contributed by atoms with Crippen molar-refractivity contribution in [3.63, 3.8) is 0 Å². The number of hydrogen-bond donors (Lipinski definition) is 0. The highest BCUT2D eigenvalue weighted by molar-refractivity contribution is 6.31. The molecule has 2 nitrogen and oxygen atoms in total. The summed E-state index contributed by atoms with van der Waals surface area (Å²) in [6.45, 7) is -0.301. The Morgan fingerprint density at radius 1 is 1.10 bits per heavy atom. The maximum Gasteiger partial charge on any atom is 0.191 e. The molecule has 0 atom stereocenters. The summed E-state index contributed by atoms with van der Waals surface area (Å²) in [6, 6.07) is 5.73. The number of hydrogen-bond acceptors (Lipinski definition) is 2. The molecule has 0 amide bonds. The second kappa shape index (κ2) is 5.96. The number of ether oxygens (including phenoxy) is 1. The Hall–Kier alpha value is -2.01. The van der Waals surface area contributed by atoms with E-state index in [0.717, 1.165) is 18.2 Å². The lowest BCUT2D eigenvalue weighted by Crippen LogP contribution is -2.02. The highest BCUT2D eigenvalue weighted by Crippen LogP contribution is 2.26. The van der Waals surface area contributed by atoms with E-state index in [0.29, 0.717) is 6.29 Å². The third-order valence-corrected chi connectivity index (χ3v) is 2.98. The van der Waals surface area contributed by atoms with E-state index in [4.69, 9.17) is 16.3 Å².